The Labute approximate surface area is 102 Å². The predicted octanol–water partition coefficient (Wildman–Crippen LogP) is 2.85. The molecule has 0 aliphatic carbocycles. The molecule has 0 radical (unpaired) electrons. The second-order valence-corrected chi connectivity index (χ2v) is 4.27. The Kier molecular flexibility index (Phi) is 3.24. The van der Waals surface area contributed by atoms with E-state index in [1.165, 1.54) is 6.07 Å². The SMILES string of the molecule is Nc1cccc(NCc2ccsc2)c1[N+](=O)[O-]. The van der Waals surface area contributed by atoms with Gasteiger partial charge in [0.25, 0.3) is 0 Å². The number of nitro groups is 1. The summed E-state index contributed by atoms with van der Waals surface area (Å²) in [5, 5.41) is 17.9. The highest BCUT2D eigenvalue weighted by atomic mass is 32.1. The van der Waals surface area contributed by atoms with Gasteiger partial charge in [0.1, 0.15) is 11.4 Å². The number of hydrogen-bond donors (Lipinski definition) is 2. The summed E-state index contributed by atoms with van der Waals surface area (Å²) < 4.78 is 0. The van der Waals surface area contributed by atoms with E-state index in [1.54, 1.807) is 23.5 Å². The Hall–Kier alpha value is -2.08. The number of nitrogens with zero attached hydrogens (tertiary/aromatic N) is 1. The van der Waals surface area contributed by atoms with Gasteiger partial charge in [-0.15, -0.1) is 0 Å². The first-order valence-electron chi connectivity index (χ1n) is 4.96. The number of benzene rings is 1. The highest BCUT2D eigenvalue weighted by molar-refractivity contribution is 7.07. The molecule has 2 rings (SSSR count). The maximum absolute atomic E-state index is 10.9. The van der Waals surface area contributed by atoms with Gasteiger partial charge in [0.15, 0.2) is 0 Å². The molecule has 0 fully saturated rings. The van der Waals surface area contributed by atoms with Crippen molar-refractivity contribution in [3.63, 3.8) is 0 Å². The fourth-order valence-corrected chi connectivity index (χ4v) is 2.17. The van der Waals surface area contributed by atoms with Gasteiger partial charge < -0.3 is 11.1 Å². The van der Waals surface area contributed by atoms with Crippen LogP contribution < -0.4 is 11.1 Å². The first-order chi connectivity index (χ1) is 8.18. The molecule has 0 aliphatic rings. The van der Waals surface area contributed by atoms with Gasteiger partial charge in [-0.1, -0.05) is 6.07 Å². The van der Waals surface area contributed by atoms with Crippen LogP contribution in [0.25, 0.3) is 0 Å². The Balaban J connectivity index is 2.21. The summed E-state index contributed by atoms with van der Waals surface area (Å²) >= 11 is 1.59. The fourth-order valence-electron chi connectivity index (χ4n) is 1.50. The van der Waals surface area contributed by atoms with Gasteiger partial charge in [0.05, 0.1) is 4.92 Å². The van der Waals surface area contributed by atoms with E-state index in [0.717, 1.165) is 5.56 Å². The summed E-state index contributed by atoms with van der Waals surface area (Å²) in [5.41, 5.74) is 7.23. The lowest BCUT2D eigenvalue weighted by Crippen LogP contribution is -2.04. The molecule has 1 aromatic carbocycles. The summed E-state index contributed by atoms with van der Waals surface area (Å²) in [6.45, 7) is 0.549. The molecular weight excluding hydrogens is 238 g/mol. The highest BCUT2D eigenvalue weighted by Crippen LogP contribution is 2.30. The van der Waals surface area contributed by atoms with E-state index in [4.69, 9.17) is 5.73 Å². The predicted molar refractivity (Wildman–Crippen MR) is 69.2 cm³/mol. The molecule has 0 saturated heterocycles. The Morgan fingerprint density at radius 1 is 1.41 bits per heavy atom. The van der Waals surface area contributed by atoms with E-state index in [1.807, 2.05) is 16.8 Å². The molecule has 17 heavy (non-hydrogen) atoms. The van der Waals surface area contributed by atoms with Crippen molar-refractivity contribution >= 4 is 28.4 Å². The van der Waals surface area contributed by atoms with Gasteiger partial charge in [-0.25, -0.2) is 0 Å². The molecular formula is C11H11N3O2S. The Bertz CT molecular complexity index is 526. The van der Waals surface area contributed by atoms with Gasteiger partial charge >= 0.3 is 5.69 Å². The largest absolute Gasteiger partial charge is 0.393 e. The van der Waals surface area contributed by atoms with Crippen molar-refractivity contribution < 1.29 is 4.92 Å². The molecule has 6 heteroatoms. The van der Waals surface area contributed by atoms with Crippen molar-refractivity contribution in [2.75, 3.05) is 11.1 Å². The maximum Gasteiger partial charge on any atom is 0.314 e. The third-order valence-electron chi connectivity index (χ3n) is 2.31. The molecule has 0 amide bonds. The van der Waals surface area contributed by atoms with Crippen LogP contribution in [0.15, 0.2) is 35.0 Å². The van der Waals surface area contributed by atoms with Gasteiger partial charge in [0.2, 0.25) is 0 Å². The van der Waals surface area contributed by atoms with E-state index in [-0.39, 0.29) is 11.4 Å². The molecule has 5 nitrogen and oxygen atoms in total. The number of nitrogen functional groups attached to an aromatic ring is 1. The van der Waals surface area contributed by atoms with Crippen molar-refractivity contribution in [3.8, 4) is 0 Å². The average Bonchev–Trinajstić information content (AvgIpc) is 2.78. The van der Waals surface area contributed by atoms with Crippen LogP contribution in [0.3, 0.4) is 0 Å². The lowest BCUT2D eigenvalue weighted by atomic mass is 10.2. The van der Waals surface area contributed by atoms with E-state index in [2.05, 4.69) is 5.32 Å². The summed E-state index contributed by atoms with van der Waals surface area (Å²) in [6.07, 6.45) is 0. The van der Waals surface area contributed by atoms with E-state index in [9.17, 15) is 10.1 Å². The zero-order valence-electron chi connectivity index (χ0n) is 8.92. The first-order valence-corrected chi connectivity index (χ1v) is 5.90. The van der Waals surface area contributed by atoms with Gasteiger partial charge in [-0.3, -0.25) is 10.1 Å². The molecule has 0 unspecified atom stereocenters. The molecule has 0 atom stereocenters. The van der Waals surface area contributed by atoms with Crippen molar-refractivity contribution in [2.24, 2.45) is 0 Å². The average molecular weight is 249 g/mol. The first kappa shape index (κ1) is 11.4. The minimum absolute atomic E-state index is 0.0669. The summed E-state index contributed by atoms with van der Waals surface area (Å²) in [7, 11) is 0. The third kappa shape index (κ3) is 2.54. The lowest BCUT2D eigenvalue weighted by molar-refractivity contribution is -0.383. The molecule has 2 aromatic rings. The van der Waals surface area contributed by atoms with Crippen molar-refractivity contribution in [1.29, 1.82) is 0 Å². The topological polar surface area (TPSA) is 81.2 Å². The molecule has 0 spiro atoms. The molecule has 88 valence electrons. The highest BCUT2D eigenvalue weighted by Gasteiger charge is 2.17. The smallest absolute Gasteiger partial charge is 0.314 e. The summed E-state index contributed by atoms with van der Waals surface area (Å²) in [4.78, 5) is 10.4. The Morgan fingerprint density at radius 3 is 2.88 bits per heavy atom. The zero-order chi connectivity index (χ0) is 12.3. The number of rotatable bonds is 4. The minimum atomic E-state index is -0.467. The molecule has 0 saturated carbocycles. The standard InChI is InChI=1S/C11H11N3O2S/c12-9-2-1-3-10(11(9)14(15)16)13-6-8-4-5-17-7-8/h1-5,7,13H,6,12H2. The van der Waals surface area contributed by atoms with Crippen molar-refractivity contribution in [3.05, 3.63) is 50.7 Å². The number of anilines is 2. The fraction of sp³-hybridized carbons (Fsp3) is 0.0909. The normalized spacial score (nSPS) is 10.1. The van der Waals surface area contributed by atoms with Gasteiger partial charge in [0, 0.05) is 6.54 Å². The molecule has 0 bridgehead atoms. The number of para-hydroxylation sites is 1. The van der Waals surface area contributed by atoms with Crippen LogP contribution in [0.2, 0.25) is 0 Å². The lowest BCUT2D eigenvalue weighted by Gasteiger charge is -2.07. The monoisotopic (exact) mass is 249 g/mol. The quantitative estimate of drug-likeness (QED) is 0.496. The summed E-state index contributed by atoms with van der Waals surface area (Å²) in [6, 6.07) is 6.84. The minimum Gasteiger partial charge on any atom is -0.393 e. The van der Waals surface area contributed by atoms with E-state index < -0.39 is 4.92 Å². The second-order valence-electron chi connectivity index (χ2n) is 3.49. The molecule has 1 heterocycles. The van der Waals surface area contributed by atoms with Gasteiger partial charge in [-0.05, 0) is 34.5 Å². The van der Waals surface area contributed by atoms with Crippen LogP contribution >= 0.6 is 11.3 Å². The molecule has 3 N–H and O–H groups in total. The van der Waals surface area contributed by atoms with Crippen molar-refractivity contribution in [2.45, 2.75) is 6.54 Å². The number of hydrogen-bond acceptors (Lipinski definition) is 5. The maximum atomic E-state index is 10.9. The molecule has 0 aliphatic heterocycles. The number of thiophene rings is 1. The van der Waals surface area contributed by atoms with Crippen LogP contribution in [-0.4, -0.2) is 4.92 Å². The van der Waals surface area contributed by atoms with Crippen LogP contribution in [0, 0.1) is 10.1 Å². The summed E-state index contributed by atoms with van der Waals surface area (Å²) in [5.74, 6) is 0. The van der Waals surface area contributed by atoms with Crippen LogP contribution in [0.1, 0.15) is 5.56 Å². The number of nitrogens with two attached hydrogens (primary N) is 1. The van der Waals surface area contributed by atoms with Crippen LogP contribution in [-0.2, 0) is 6.54 Å². The van der Waals surface area contributed by atoms with E-state index in [0.29, 0.717) is 12.2 Å². The van der Waals surface area contributed by atoms with Crippen LogP contribution in [0.4, 0.5) is 17.1 Å². The Morgan fingerprint density at radius 2 is 2.24 bits per heavy atom. The van der Waals surface area contributed by atoms with Crippen LogP contribution in [0.5, 0.6) is 0 Å². The third-order valence-corrected chi connectivity index (χ3v) is 3.04. The number of nitrogens with one attached hydrogen (secondary N) is 1. The van der Waals surface area contributed by atoms with Crippen molar-refractivity contribution in [1.82, 2.24) is 0 Å². The van der Waals surface area contributed by atoms with E-state index >= 15 is 0 Å². The number of nitro benzene ring substituents is 1. The zero-order valence-corrected chi connectivity index (χ0v) is 9.74. The second kappa shape index (κ2) is 4.84. The molecule has 1 aromatic heterocycles. The van der Waals surface area contributed by atoms with Gasteiger partial charge in [-0.2, -0.15) is 11.3 Å².